The molecule has 1 aromatic carbocycles. The van der Waals surface area contributed by atoms with E-state index in [-0.39, 0.29) is 24.0 Å². The van der Waals surface area contributed by atoms with Gasteiger partial charge in [-0.25, -0.2) is 0 Å². The summed E-state index contributed by atoms with van der Waals surface area (Å²) in [6, 6.07) is 6.66. The fourth-order valence-electron chi connectivity index (χ4n) is 1.34. The van der Waals surface area contributed by atoms with Crippen molar-refractivity contribution in [1.82, 2.24) is 20.2 Å². The number of aryl methyl sites for hydroxylation is 1. The van der Waals surface area contributed by atoms with Crippen molar-refractivity contribution in [3.05, 3.63) is 29.8 Å². The molecule has 2 N–H and O–H groups in total. The summed E-state index contributed by atoms with van der Waals surface area (Å²) in [7, 11) is 1.60. The van der Waals surface area contributed by atoms with E-state index in [1.54, 1.807) is 25.2 Å². The number of carbonyl (C=O) groups excluding carboxylic acids is 1. The van der Waals surface area contributed by atoms with Gasteiger partial charge in [0.15, 0.2) is 0 Å². The van der Waals surface area contributed by atoms with Crippen molar-refractivity contribution in [2.75, 3.05) is 5.32 Å². The maximum atomic E-state index is 11.6. The van der Waals surface area contributed by atoms with Gasteiger partial charge in [-0.15, -0.1) is 5.10 Å². The lowest BCUT2D eigenvalue weighted by Gasteiger charge is -2.03. The summed E-state index contributed by atoms with van der Waals surface area (Å²) in [4.78, 5) is 12.8. The molecule has 1 amide bonds. The molecule has 2 aromatic rings. The molecule has 0 radical (unpaired) electrons. The minimum atomic E-state index is -0.306. The molecule has 0 saturated heterocycles. The van der Waals surface area contributed by atoms with Crippen molar-refractivity contribution in [3.8, 4) is 5.75 Å². The number of phenolic OH excluding ortho intramolecular Hbond substituents is 1. The third-order valence-electron chi connectivity index (χ3n) is 2.10. The van der Waals surface area contributed by atoms with Gasteiger partial charge in [0.05, 0.1) is 13.5 Å². The van der Waals surface area contributed by atoms with Crippen LogP contribution in [0.15, 0.2) is 24.3 Å². The minimum absolute atomic E-state index is 0.0604. The zero-order valence-electron chi connectivity index (χ0n) is 9.16. The predicted molar refractivity (Wildman–Crippen MR) is 59.2 cm³/mol. The Morgan fingerprint density at radius 2 is 2.24 bits per heavy atom. The second-order valence-electron chi connectivity index (χ2n) is 3.46. The first kappa shape index (κ1) is 11.1. The van der Waals surface area contributed by atoms with Gasteiger partial charge in [0.2, 0.25) is 5.91 Å². The van der Waals surface area contributed by atoms with Gasteiger partial charge in [-0.1, -0.05) is 23.3 Å². The normalized spacial score (nSPS) is 10.2. The number of tetrazole rings is 1. The number of aromatic hydroxyl groups is 1. The van der Waals surface area contributed by atoms with E-state index in [1.807, 2.05) is 0 Å². The Bertz CT molecular complexity index is 537. The zero-order chi connectivity index (χ0) is 12.3. The van der Waals surface area contributed by atoms with Crippen LogP contribution in [0.2, 0.25) is 0 Å². The van der Waals surface area contributed by atoms with Crippen molar-refractivity contribution >= 4 is 11.9 Å². The molecular formula is C10H11N5O2. The van der Waals surface area contributed by atoms with Crippen molar-refractivity contribution in [1.29, 1.82) is 0 Å². The van der Waals surface area contributed by atoms with Gasteiger partial charge in [-0.3, -0.25) is 10.1 Å². The van der Waals surface area contributed by atoms with Crippen LogP contribution in [0.1, 0.15) is 5.56 Å². The number of nitrogens with one attached hydrogen (secondary N) is 1. The Morgan fingerprint density at radius 3 is 2.88 bits per heavy atom. The molecule has 7 heteroatoms. The summed E-state index contributed by atoms with van der Waals surface area (Å²) in [5.41, 5.74) is 0.550. The minimum Gasteiger partial charge on any atom is -0.508 e. The molecule has 88 valence electrons. The van der Waals surface area contributed by atoms with E-state index in [0.29, 0.717) is 5.56 Å². The number of benzene rings is 1. The molecule has 0 aliphatic heterocycles. The molecule has 2 rings (SSSR count). The van der Waals surface area contributed by atoms with Gasteiger partial charge < -0.3 is 5.11 Å². The summed E-state index contributed by atoms with van der Waals surface area (Å²) in [6.07, 6.45) is 0.0604. The predicted octanol–water partition coefficient (Wildman–Crippen LogP) is 0.0969. The van der Waals surface area contributed by atoms with E-state index in [0.717, 1.165) is 0 Å². The van der Waals surface area contributed by atoms with E-state index < -0.39 is 0 Å². The average Bonchev–Trinajstić information content (AvgIpc) is 2.67. The van der Waals surface area contributed by atoms with Crippen LogP contribution in [0.3, 0.4) is 0 Å². The second-order valence-corrected chi connectivity index (χ2v) is 3.46. The quantitative estimate of drug-likeness (QED) is 0.784. The largest absolute Gasteiger partial charge is 0.508 e. The van der Waals surface area contributed by atoms with E-state index >= 15 is 0 Å². The van der Waals surface area contributed by atoms with Gasteiger partial charge in [-0.2, -0.15) is 4.80 Å². The lowest BCUT2D eigenvalue weighted by Crippen LogP contribution is -2.15. The highest BCUT2D eigenvalue weighted by Crippen LogP contribution is 2.16. The molecular weight excluding hydrogens is 222 g/mol. The van der Waals surface area contributed by atoms with Crippen LogP contribution in [0, 0.1) is 0 Å². The summed E-state index contributed by atoms with van der Waals surface area (Å²) in [5.74, 6) is -0.0674. The smallest absolute Gasteiger partial charge is 0.270 e. The topological polar surface area (TPSA) is 92.9 Å². The molecule has 0 bridgehead atoms. The molecule has 0 fully saturated rings. The number of carbonyl (C=O) groups is 1. The first-order valence-electron chi connectivity index (χ1n) is 4.96. The lowest BCUT2D eigenvalue weighted by molar-refractivity contribution is -0.115. The Morgan fingerprint density at radius 1 is 1.47 bits per heavy atom. The molecule has 1 heterocycles. The molecule has 0 aliphatic carbocycles. The van der Waals surface area contributed by atoms with E-state index in [4.69, 9.17) is 0 Å². The second kappa shape index (κ2) is 4.60. The molecule has 0 unspecified atom stereocenters. The third kappa shape index (κ3) is 2.77. The number of anilines is 1. The Labute approximate surface area is 97.1 Å². The van der Waals surface area contributed by atoms with E-state index in [1.165, 1.54) is 10.9 Å². The van der Waals surface area contributed by atoms with Gasteiger partial charge in [0, 0.05) is 5.56 Å². The average molecular weight is 233 g/mol. The van der Waals surface area contributed by atoms with Crippen LogP contribution in [0.4, 0.5) is 5.95 Å². The van der Waals surface area contributed by atoms with Crippen molar-refractivity contribution < 1.29 is 9.90 Å². The number of para-hydroxylation sites is 1. The summed E-state index contributed by atoms with van der Waals surface area (Å²) in [6.45, 7) is 0. The highest BCUT2D eigenvalue weighted by Gasteiger charge is 2.09. The van der Waals surface area contributed by atoms with Gasteiger partial charge >= 0.3 is 0 Å². The summed E-state index contributed by atoms with van der Waals surface area (Å²) < 4.78 is 0. The van der Waals surface area contributed by atoms with E-state index in [9.17, 15) is 9.90 Å². The van der Waals surface area contributed by atoms with Gasteiger partial charge in [0.1, 0.15) is 5.75 Å². The lowest BCUT2D eigenvalue weighted by atomic mass is 10.1. The standard InChI is InChI=1S/C10H11N5O2/c1-15-13-10(12-14-15)11-9(17)6-7-4-2-3-5-8(7)16/h2-5,16H,6H2,1H3,(H,11,13,17). The van der Waals surface area contributed by atoms with Crippen LogP contribution in [0.25, 0.3) is 0 Å². The maximum Gasteiger partial charge on any atom is 0.270 e. The Kier molecular flexibility index (Phi) is 2.99. The van der Waals surface area contributed by atoms with E-state index in [2.05, 4.69) is 20.7 Å². The van der Waals surface area contributed by atoms with Crippen molar-refractivity contribution in [3.63, 3.8) is 0 Å². The Hall–Kier alpha value is -2.44. The van der Waals surface area contributed by atoms with Crippen LogP contribution < -0.4 is 5.32 Å². The Balaban J connectivity index is 2.01. The van der Waals surface area contributed by atoms with Crippen LogP contribution in [0.5, 0.6) is 5.75 Å². The fourth-order valence-corrected chi connectivity index (χ4v) is 1.34. The van der Waals surface area contributed by atoms with Gasteiger partial charge in [0.25, 0.3) is 5.95 Å². The van der Waals surface area contributed by atoms with Crippen LogP contribution in [-0.2, 0) is 18.3 Å². The third-order valence-corrected chi connectivity index (χ3v) is 2.10. The van der Waals surface area contributed by atoms with Crippen LogP contribution in [-0.4, -0.2) is 31.2 Å². The number of nitrogens with zero attached hydrogens (tertiary/aromatic N) is 4. The number of hydrogen-bond donors (Lipinski definition) is 2. The molecule has 0 atom stereocenters. The van der Waals surface area contributed by atoms with Crippen LogP contribution >= 0.6 is 0 Å². The molecule has 1 aromatic heterocycles. The number of rotatable bonds is 3. The molecule has 7 nitrogen and oxygen atoms in total. The zero-order valence-corrected chi connectivity index (χ0v) is 9.16. The first-order valence-corrected chi connectivity index (χ1v) is 4.96. The molecule has 0 spiro atoms. The SMILES string of the molecule is Cn1nnc(NC(=O)Cc2ccccc2O)n1. The fraction of sp³-hybridized carbons (Fsp3) is 0.200. The van der Waals surface area contributed by atoms with Crippen molar-refractivity contribution in [2.24, 2.45) is 7.05 Å². The summed E-state index contributed by atoms with van der Waals surface area (Å²) in [5, 5.41) is 23.0. The van der Waals surface area contributed by atoms with Gasteiger partial charge in [-0.05, 0) is 11.3 Å². The highest BCUT2D eigenvalue weighted by molar-refractivity contribution is 5.90. The molecule has 0 aliphatic rings. The molecule has 0 saturated carbocycles. The number of amides is 1. The first-order chi connectivity index (χ1) is 8.15. The maximum absolute atomic E-state index is 11.6. The van der Waals surface area contributed by atoms with Crippen molar-refractivity contribution in [2.45, 2.75) is 6.42 Å². The summed E-state index contributed by atoms with van der Waals surface area (Å²) >= 11 is 0. The number of hydrogen-bond acceptors (Lipinski definition) is 5. The number of aromatic nitrogens is 4. The monoisotopic (exact) mass is 233 g/mol. The number of phenols is 1. The molecule has 17 heavy (non-hydrogen) atoms. The highest BCUT2D eigenvalue weighted by atomic mass is 16.3.